The molecular formula is C11H6F4N2O. The summed E-state index contributed by atoms with van der Waals surface area (Å²) in [7, 11) is 0. The number of alkyl halides is 4. The van der Waals surface area contributed by atoms with Gasteiger partial charge < -0.3 is 4.74 Å². The minimum Gasteiger partial charge on any atom is -0.456 e. The summed E-state index contributed by atoms with van der Waals surface area (Å²) in [5, 5.41) is 17.4. The van der Waals surface area contributed by atoms with Gasteiger partial charge in [-0.05, 0) is 12.1 Å². The van der Waals surface area contributed by atoms with Crippen LogP contribution in [0.1, 0.15) is 11.1 Å². The summed E-state index contributed by atoms with van der Waals surface area (Å²) in [4.78, 5) is 0. The van der Waals surface area contributed by atoms with Gasteiger partial charge in [0.05, 0.1) is 5.56 Å². The Morgan fingerprint density at radius 3 is 2.22 bits per heavy atom. The van der Waals surface area contributed by atoms with Crippen molar-refractivity contribution in [3.8, 4) is 17.9 Å². The molecule has 0 aromatic heterocycles. The second-order valence-electron chi connectivity index (χ2n) is 3.15. The van der Waals surface area contributed by atoms with Gasteiger partial charge in [-0.3, -0.25) is 0 Å². The van der Waals surface area contributed by atoms with Crippen LogP contribution < -0.4 is 4.74 Å². The van der Waals surface area contributed by atoms with E-state index < -0.39 is 24.7 Å². The van der Waals surface area contributed by atoms with Crippen molar-refractivity contribution >= 4 is 0 Å². The number of benzene rings is 1. The maximum absolute atomic E-state index is 13.0. The molecule has 0 aliphatic rings. The van der Waals surface area contributed by atoms with Gasteiger partial charge in [-0.25, -0.2) is 13.2 Å². The normalized spacial score (nSPS) is 13.5. The molecule has 0 spiro atoms. The lowest BCUT2D eigenvalue weighted by molar-refractivity contribution is -0.0751. The largest absolute Gasteiger partial charge is 0.456 e. The lowest BCUT2D eigenvalue weighted by Gasteiger charge is -2.15. The second-order valence-corrected chi connectivity index (χ2v) is 3.15. The van der Waals surface area contributed by atoms with E-state index in [2.05, 4.69) is 4.74 Å². The lowest BCUT2D eigenvalue weighted by atomic mass is 10.1. The average Bonchev–Trinajstić information content (AvgIpc) is 2.37. The van der Waals surface area contributed by atoms with Gasteiger partial charge in [0.1, 0.15) is 23.5 Å². The standard InChI is InChI=1S/C11H6F4N2O/c12-9(10(13)14)11(15)18-8-3-1-2-6(4-16)7(8)5-17/h1-3,9-11H. The zero-order valence-electron chi connectivity index (χ0n) is 8.78. The minimum atomic E-state index is -3.54. The van der Waals surface area contributed by atoms with E-state index in [4.69, 9.17) is 10.5 Å². The van der Waals surface area contributed by atoms with E-state index in [-0.39, 0.29) is 11.1 Å². The highest BCUT2D eigenvalue weighted by atomic mass is 19.3. The highest BCUT2D eigenvalue weighted by Crippen LogP contribution is 2.25. The van der Waals surface area contributed by atoms with Crippen molar-refractivity contribution in [2.75, 3.05) is 0 Å². The molecule has 0 fully saturated rings. The Kier molecular flexibility index (Phi) is 4.50. The van der Waals surface area contributed by atoms with Gasteiger partial charge in [-0.1, -0.05) is 6.07 Å². The number of nitrogens with zero attached hydrogens (tertiary/aromatic N) is 2. The Morgan fingerprint density at radius 1 is 1.06 bits per heavy atom. The molecule has 0 radical (unpaired) electrons. The Balaban J connectivity index is 2.99. The molecule has 3 nitrogen and oxygen atoms in total. The van der Waals surface area contributed by atoms with E-state index in [1.165, 1.54) is 12.1 Å². The Bertz CT molecular complexity index is 507. The first-order chi connectivity index (χ1) is 8.51. The van der Waals surface area contributed by atoms with Crippen LogP contribution in [0.3, 0.4) is 0 Å². The molecule has 0 aliphatic heterocycles. The number of hydrogen-bond donors (Lipinski definition) is 0. The third kappa shape index (κ3) is 2.89. The first-order valence-electron chi connectivity index (χ1n) is 4.67. The van der Waals surface area contributed by atoms with Gasteiger partial charge >= 0.3 is 0 Å². The van der Waals surface area contributed by atoms with E-state index in [1.807, 2.05) is 0 Å². The highest BCUT2D eigenvalue weighted by Gasteiger charge is 2.32. The number of nitriles is 2. The van der Waals surface area contributed by atoms with Crippen LogP contribution in [0, 0.1) is 22.7 Å². The molecule has 0 bridgehead atoms. The fourth-order valence-corrected chi connectivity index (χ4v) is 1.14. The number of ether oxygens (including phenoxy) is 1. The molecule has 0 heterocycles. The van der Waals surface area contributed by atoms with Crippen molar-refractivity contribution in [2.45, 2.75) is 19.0 Å². The molecule has 2 atom stereocenters. The molecule has 94 valence electrons. The number of hydrogen-bond acceptors (Lipinski definition) is 3. The quantitative estimate of drug-likeness (QED) is 0.780. The predicted molar refractivity (Wildman–Crippen MR) is 52.3 cm³/mol. The summed E-state index contributed by atoms with van der Waals surface area (Å²) in [6, 6.07) is 6.82. The monoisotopic (exact) mass is 258 g/mol. The van der Waals surface area contributed by atoms with Crippen LogP contribution in [-0.4, -0.2) is 19.0 Å². The van der Waals surface area contributed by atoms with Gasteiger partial charge in [-0.15, -0.1) is 0 Å². The summed E-state index contributed by atoms with van der Waals surface area (Å²) in [6.45, 7) is 0. The lowest BCUT2D eigenvalue weighted by Crippen LogP contribution is -2.30. The summed E-state index contributed by atoms with van der Waals surface area (Å²) in [6.07, 6.45) is -9.57. The zero-order chi connectivity index (χ0) is 13.7. The van der Waals surface area contributed by atoms with Crippen LogP contribution in [0.15, 0.2) is 18.2 Å². The molecule has 1 aromatic carbocycles. The van der Waals surface area contributed by atoms with Crippen molar-refractivity contribution in [3.63, 3.8) is 0 Å². The smallest absolute Gasteiger partial charge is 0.275 e. The summed E-state index contributed by atoms with van der Waals surface area (Å²) in [5.41, 5.74) is -0.446. The summed E-state index contributed by atoms with van der Waals surface area (Å²) in [5.74, 6) is -0.452. The van der Waals surface area contributed by atoms with Gasteiger partial charge in [0, 0.05) is 0 Å². The van der Waals surface area contributed by atoms with E-state index in [0.717, 1.165) is 6.07 Å². The third-order valence-electron chi connectivity index (χ3n) is 1.99. The van der Waals surface area contributed by atoms with E-state index >= 15 is 0 Å². The van der Waals surface area contributed by atoms with Crippen molar-refractivity contribution < 1.29 is 22.3 Å². The summed E-state index contributed by atoms with van der Waals surface area (Å²) >= 11 is 0. The van der Waals surface area contributed by atoms with Crippen LogP contribution in [0.5, 0.6) is 5.75 Å². The molecule has 0 saturated heterocycles. The molecule has 1 rings (SSSR count). The first kappa shape index (κ1) is 13.8. The molecule has 0 saturated carbocycles. The van der Waals surface area contributed by atoms with Gasteiger partial charge in [0.2, 0.25) is 6.17 Å². The van der Waals surface area contributed by atoms with E-state index in [1.54, 1.807) is 12.1 Å². The van der Waals surface area contributed by atoms with Crippen LogP contribution >= 0.6 is 0 Å². The van der Waals surface area contributed by atoms with Crippen LogP contribution in [-0.2, 0) is 0 Å². The topological polar surface area (TPSA) is 56.8 Å². The second kappa shape index (κ2) is 5.87. The average molecular weight is 258 g/mol. The fourth-order valence-electron chi connectivity index (χ4n) is 1.14. The SMILES string of the molecule is N#Cc1cccc(OC(F)C(F)C(F)F)c1C#N. The van der Waals surface area contributed by atoms with Crippen molar-refractivity contribution in [1.29, 1.82) is 10.5 Å². The number of rotatable bonds is 4. The van der Waals surface area contributed by atoms with Crippen LogP contribution in [0.2, 0.25) is 0 Å². The maximum Gasteiger partial charge on any atom is 0.275 e. The summed E-state index contributed by atoms with van der Waals surface area (Å²) < 4.78 is 53.7. The van der Waals surface area contributed by atoms with Gasteiger partial charge in [0.25, 0.3) is 12.8 Å². The molecular weight excluding hydrogens is 252 g/mol. The molecule has 0 aliphatic carbocycles. The predicted octanol–water partition coefficient (Wildman–Crippen LogP) is 2.71. The van der Waals surface area contributed by atoms with Gasteiger partial charge in [0.15, 0.2) is 0 Å². The number of halogens is 4. The van der Waals surface area contributed by atoms with Crippen molar-refractivity contribution in [2.24, 2.45) is 0 Å². The van der Waals surface area contributed by atoms with Gasteiger partial charge in [-0.2, -0.15) is 14.9 Å². The zero-order valence-corrected chi connectivity index (χ0v) is 8.78. The van der Waals surface area contributed by atoms with E-state index in [9.17, 15) is 17.6 Å². The Hall–Kier alpha value is -2.28. The Labute approximate surface area is 99.8 Å². The highest BCUT2D eigenvalue weighted by molar-refractivity contribution is 5.53. The third-order valence-corrected chi connectivity index (χ3v) is 1.99. The molecule has 18 heavy (non-hydrogen) atoms. The minimum absolute atomic E-state index is 0.116. The molecule has 0 amide bonds. The molecule has 1 aromatic rings. The van der Waals surface area contributed by atoms with Crippen molar-refractivity contribution in [3.05, 3.63) is 29.3 Å². The Morgan fingerprint density at radius 2 is 1.72 bits per heavy atom. The molecule has 7 heteroatoms. The van der Waals surface area contributed by atoms with Crippen LogP contribution in [0.25, 0.3) is 0 Å². The van der Waals surface area contributed by atoms with E-state index in [0.29, 0.717) is 0 Å². The van der Waals surface area contributed by atoms with Crippen molar-refractivity contribution in [1.82, 2.24) is 0 Å². The van der Waals surface area contributed by atoms with Crippen LogP contribution in [0.4, 0.5) is 17.6 Å². The molecule has 0 N–H and O–H groups in total. The molecule has 2 unspecified atom stereocenters. The fraction of sp³-hybridized carbons (Fsp3) is 0.273. The first-order valence-corrected chi connectivity index (χ1v) is 4.67. The maximum atomic E-state index is 13.0.